The zero-order chi connectivity index (χ0) is 16.4. The van der Waals surface area contributed by atoms with Gasteiger partial charge in [-0.1, -0.05) is 23.7 Å². The van der Waals surface area contributed by atoms with Gasteiger partial charge < -0.3 is 10.3 Å². The van der Waals surface area contributed by atoms with Crippen LogP contribution in [0.4, 0.5) is 0 Å². The van der Waals surface area contributed by atoms with E-state index in [9.17, 15) is 9.59 Å². The molecular weight excluding hydrogens is 312 g/mol. The van der Waals surface area contributed by atoms with Crippen LogP contribution < -0.4 is 10.9 Å². The molecule has 3 aromatic rings. The summed E-state index contributed by atoms with van der Waals surface area (Å²) in [5, 5.41) is 4.34. The molecule has 0 aliphatic heterocycles. The molecule has 0 unspecified atom stereocenters. The molecular formula is C18H15ClN2O2. The van der Waals surface area contributed by atoms with Gasteiger partial charge in [-0.15, -0.1) is 0 Å². The maximum atomic E-state index is 12.1. The number of aryl methyl sites for hydroxylation is 1. The van der Waals surface area contributed by atoms with Crippen molar-refractivity contribution in [3.8, 4) is 0 Å². The monoisotopic (exact) mass is 326 g/mol. The number of benzene rings is 2. The Balaban J connectivity index is 1.78. The highest BCUT2D eigenvalue weighted by molar-refractivity contribution is 6.30. The molecule has 2 aromatic carbocycles. The Morgan fingerprint density at radius 2 is 2.00 bits per heavy atom. The lowest BCUT2D eigenvalue weighted by Crippen LogP contribution is -2.22. The second kappa shape index (κ2) is 6.26. The first-order chi connectivity index (χ1) is 11.0. The van der Waals surface area contributed by atoms with Crippen molar-refractivity contribution in [1.29, 1.82) is 0 Å². The Morgan fingerprint density at radius 1 is 1.17 bits per heavy atom. The molecule has 0 fully saturated rings. The highest BCUT2D eigenvalue weighted by atomic mass is 35.5. The molecule has 0 radical (unpaired) electrons. The number of aromatic amines is 1. The summed E-state index contributed by atoms with van der Waals surface area (Å²) in [6.07, 6.45) is 0. The Kier molecular flexibility index (Phi) is 4.17. The van der Waals surface area contributed by atoms with Crippen molar-refractivity contribution in [3.63, 3.8) is 0 Å². The van der Waals surface area contributed by atoms with Gasteiger partial charge in [-0.25, -0.2) is 0 Å². The van der Waals surface area contributed by atoms with Crippen molar-refractivity contribution in [3.05, 3.63) is 80.6 Å². The van der Waals surface area contributed by atoms with Crippen molar-refractivity contribution >= 4 is 28.4 Å². The van der Waals surface area contributed by atoms with Crippen LogP contribution in [-0.2, 0) is 6.54 Å². The normalized spacial score (nSPS) is 10.7. The molecule has 1 heterocycles. The van der Waals surface area contributed by atoms with Crippen LogP contribution in [0.2, 0.25) is 5.02 Å². The number of fused-ring (bicyclic) bond motifs is 1. The Labute approximate surface area is 138 Å². The highest BCUT2D eigenvalue weighted by Crippen LogP contribution is 2.14. The molecule has 0 aliphatic carbocycles. The van der Waals surface area contributed by atoms with Gasteiger partial charge >= 0.3 is 0 Å². The fourth-order valence-corrected chi connectivity index (χ4v) is 2.58. The molecule has 0 spiro atoms. The molecule has 23 heavy (non-hydrogen) atoms. The molecule has 0 aliphatic rings. The van der Waals surface area contributed by atoms with Crippen LogP contribution in [0.15, 0.2) is 53.3 Å². The number of amides is 1. The van der Waals surface area contributed by atoms with Crippen LogP contribution >= 0.6 is 11.6 Å². The third-order valence-electron chi connectivity index (χ3n) is 3.63. The van der Waals surface area contributed by atoms with E-state index in [0.717, 1.165) is 16.5 Å². The number of H-pyrrole nitrogens is 1. The van der Waals surface area contributed by atoms with Gasteiger partial charge in [0.1, 0.15) is 0 Å². The zero-order valence-electron chi connectivity index (χ0n) is 12.5. The third kappa shape index (κ3) is 3.43. The van der Waals surface area contributed by atoms with Crippen LogP contribution in [-0.4, -0.2) is 10.9 Å². The van der Waals surface area contributed by atoms with Crippen LogP contribution in [0.3, 0.4) is 0 Å². The molecule has 0 bridgehead atoms. The second-order valence-corrected chi connectivity index (χ2v) is 5.83. The van der Waals surface area contributed by atoms with E-state index in [0.29, 0.717) is 22.7 Å². The van der Waals surface area contributed by atoms with E-state index in [1.165, 1.54) is 0 Å². The lowest BCUT2D eigenvalue weighted by molar-refractivity contribution is 0.0951. The maximum Gasteiger partial charge on any atom is 0.251 e. The van der Waals surface area contributed by atoms with Crippen LogP contribution in [0.5, 0.6) is 0 Å². The second-order valence-electron chi connectivity index (χ2n) is 5.40. The van der Waals surface area contributed by atoms with Gasteiger partial charge in [0.25, 0.3) is 11.5 Å². The van der Waals surface area contributed by atoms with Gasteiger partial charge in [-0.2, -0.15) is 0 Å². The van der Waals surface area contributed by atoms with E-state index in [-0.39, 0.29) is 11.5 Å². The summed E-state index contributed by atoms with van der Waals surface area (Å²) in [5.41, 5.74) is 2.85. The molecule has 2 N–H and O–H groups in total. The number of carbonyl (C=O) groups excluding carboxylic acids is 1. The lowest BCUT2D eigenvalue weighted by Gasteiger charge is -2.07. The number of hydrogen-bond acceptors (Lipinski definition) is 2. The number of aromatic nitrogens is 1. The zero-order valence-corrected chi connectivity index (χ0v) is 13.3. The van der Waals surface area contributed by atoms with Crippen molar-refractivity contribution in [2.45, 2.75) is 13.5 Å². The fourth-order valence-electron chi connectivity index (χ4n) is 2.39. The minimum Gasteiger partial charge on any atom is -0.348 e. The Bertz CT molecular complexity index is 947. The summed E-state index contributed by atoms with van der Waals surface area (Å²) in [5.74, 6) is -0.176. The van der Waals surface area contributed by atoms with Crippen molar-refractivity contribution < 1.29 is 4.79 Å². The van der Waals surface area contributed by atoms with Gasteiger partial charge in [0.05, 0.1) is 0 Å². The summed E-state index contributed by atoms with van der Waals surface area (Å²) in [7, 11) is 0. The fraction of sp³-hybridized carbons (Fsp3) is 0.111. The van der Waals surface area contributed by atoms with Gasteiger partial charge in [0.15, 0.2) is 0 Å². The van der Waals surface area contributed by atoms with E-state index < -0.39 is 0 Å². The third-order valence-corrected chi connectivity index (χ3v) is 3.87. The molecule has 0 atom stereocenters. The maximum absolute atomic E-state index is 12.1. The van der Waals surface area contributed by atoms with Crippen LogP contribution in [0.1, 0.15) is 21.5 Å². The predicted molar refractivity (Wildman–Crippen MR) is 91.9 cm³/mol. The summed E-state index contributed by atoms with van der Waals surface area (Å²) >= 11 is 5.89. The van der Waals surface area contributed by atoms with Crippen molar-refractivity contribution in [2.75, 3.05) is 0 Å². The topological polar surface area (TPSA) is 62.0 Å². The number of halogens is 1. The number of pyridine rings is 1. The van der Waals surface area contributed by atoms with Gasteiger partial charge in [0.2, 0.25) is 0 Å². The summed E-state index contributed by atoms with van der Waals surface area (Å²) in [4.78, 5) is 26.5. The highest BCUT2D eigenvalue weighted by Gasteiger charge is 2.06. The smallest absolute Gasteiger partial charge is 0.251 e. The summed E-state index contributed by atoms with van der Waals surface area (Å²) in [6, 6.07) is 14.3. The Morgan fingerprint density at radius 3 is 2.78 bits per heavy atom. The minimum atomic E-state index is -0.176. The number of hydrogen-bond donors (Lipinski definition) is 2. The van der Waals surface area contributed by atoms with Gasteiger partial charge in [0, 0.05) is 28.2 Å². The first kappa shape index (κ1) is 15.3. The first-order valence-electron chi connectivity index (χ1n) is 7.19. The molecule has 1 aromatic heterocycles. The summed E-state index contributed by atoms with van der Waals surface area (Å²) < 4.78 is 0. The SMILES string of the molecule is Cc1cc2cc(CNC(=O)c3cccc(Cl)c3)ccc2[nH]c1=O. The quantitative estimate of drug-likeness (QED) is 0.774. The largest absolute Gasteiger partial charge is 0.348 e. The van der Waals surface area contributed by atoms with E-state index in [1.54, 1.807) is 31.2 Å². The predicted octanol–water partition coefficient (Wildman–Crippen LogP) is 3.42. The van der Waals surface area contributed by atoms with E-state index in [4.69, 9.17) is 11.6 Å². The van der Waals surface area contributed by atoms with Gasteiger partial charge in [-0.3, -0.25) is 9.59 Å². The lowest BCUT2D eigenvalue weighted by atomic mass is 10.1. The van der Waals surface area contributed by atoms with Crippen LogP contribution in [0, 0.1) is 6.92 Å². The minimum absolute atomic E-state index is 0.0838. The summed E-state index contributed by atoms with van der Waals surface area (Å²) in [6.45, 7) is 2.17. The first-order valence-corrected chi connectivity index (χ1v) is 7.57. The van der Waals surface area contributed by atoms with Gasteiger partial charge in [-0.05, 0) is 54.3 Å². The van der Waals surface area contributed by atoms with E-state index in [1.807, 2.05) is 24.3 Å². The standard InChI is InChI=1S/C18H15ClN2O2/c1-11-7-14-8-12(5-6-16(14)21-17(11)22)10-20-18(23)13-3-2-4-15(19)9-13/h2-9H,10H2,1H3,(H,20,23)(H,21,22). The van der Waals surface area contributed by atoms with Crippen LogP contribution in [0.25, 0.3) is 10.9 Å². The molecule has 0 saturated heterocycles. The number of rotatable bonds is 3. The average molecular weight is 327 g/mol. The molecule has 3 rings (SSSR count). The molecule has 0 saturated carbocycles. The van der Waals surface area contributed by atoms with Crippen molar-refractivity contribution in [2.24, 2.45) is 0 Å². The molecule has 116 valence electrons. The molecule has 1 amide bonds. The number of nitrogens with one attached hydrogen (secondary N) is 2. The number of carbonyl (C=O) groups is 1. The average Bonchev–Trinajstić information content (AvgIpc) is 2.53. The van der Waals surface area contributed by atoms with Crippen molar-refractivity contribution in [1.82, 2.24) is 10.3 Å². The van der Waals surface area contributed by atoms with E-state index in [2.05, 4.69) is 10.3 Å². The molecule has 4 nitrogen and oxygen atoms in total. The van der Waals surface area contributed by atoms with E-state index >= 15 is 0 Å². The Hall–Kier alpha value is -2.59. The molecule has 5 heteroatoms.